The van der Waals surface area contributed by atoms with Crippen molar-refractivity contribution in [1.82, 2.24) is 19.7 Å². The first kappa shape index (κ1) is 19.4. The van der Waals surface area contributed by atoms with Crippen molar-refractivity contribution in [2.45, 2.75) is 38.8 Å². The summed E-state index contributed by atoms with van der Waals surface area (Å²) in [7, 11) is 0. The molecule has 0 aliphatic carbocycles. The lowest BCUT2D eigenvalue weighted by Gasteiger charge is -2.33. The molecule has 29 heavy (non-hydrogen) atoms. The third-order valence-corrected chi connectivity index (χ3v) is 5.04. The van der Waals surface area contributed by atoms with E-state index >= 15 is 0 Å². The molecule has 1 fully saturated rings. The highest BCUT2D eigenvalue weighted by atomic mass is 16.5. The molecule has 7 nitrogen and oxygen atoms in total. The van der Waals surface area contributed by atoms with Gasteiger partial charge in [0.2, 0.25) is 5.91 Å². The van der Waals surface area contributed by atoms with E-state index in [4.69, 9.17) is 9.15 Å². The molecular weight excluding hydrogens is 368 g/mol. The Morgan fingerprint density at radius 1 is 1.24 bits per heavy atom. The molecule has 1 aliphatic heterocycles. The van der Waals surface area contributed by atoms with Gasteiger partial charge in [0.25, 0.3) is 0 Å². The van der Waals surface area contributed by atoms with Crippen molar-refractivity contribution in [2.24, 2.45) is 0 Å². The quantitative estimate of drug-likeness (QED) is 0.616. The smallest absolute Gasteiger partial charge is 0.222 e. The Labute approximate surface area is 170 Å². The Balaban J connectivity index is 1.24. The fourth-order valence-electron chi connectivity index (χ4n) is 3.54. The van der Waals surface area contributed by atoms with Gasteiger partial charge < -0.3 is 14.1 Å². The van der Waals surface area contributed by atoms with Crippen LogP contribution in [0.1, 0.15) is 24.3 Å². The van der Waals surface area contributed by atoms with Crippen LogP contribution in [-0.4, -0.2) is 51.4 Å². The van der Waals surface area contributed by atoms with E-state index in [1.165, 1.54) is 0 Å². The molecule has 1 unspecified atom stereocenters. The van der Waals surface area contributed by atoms with Gasteiger partial charge in [0.15, 0.2) is 11.7 Å². The summed E-state index contributed by atoms with van der Waals surface area (Å²) >= 11 is 0. The second-order valence-electron chi connectivity index (χ2n) is 7.41. The number of hydrogen-bond donors (Lipinski definition) is 0. The Bertz CT molecular complexity index is 934. The van der Waals surface area contributed by atoms with Gasteiger partial charge in [0.05, 0.1) is 31.6 Å². The fourth-order valence-corrected chi connectivity index (χ4v) is 3.54. The molecule has 0 radical (unpaired) electrons. The molecule has 7 heteroatoms. The van der Waals surface area contributed by atoms with Gasteiger partial charge in [0, 0.05) is 37.7 Å². The van der Waals surface area contributed by atoms with E-state index in [9.17, 15) is 4.79 Å². The van der Waals surface area contributed by atoms with E-state index in [0.29, 0.717) is 51.4 Å². The van der Waals surface area contributed by atoms with Gasteiger partial charge >= 0.3 is 0 Å². The lowest BCUT2D eigenvalue weighted by molar-refractivity contribution is -0.139. The van der Waals surface area contributed by atoms with Crippen LogP contribution in [0.2, 0.25) is 0 Å². The van der Waals surface area contributed by atoms with Crippen molar-refractivity contribution >= 4 is 5.91 Å². The molecular formula is C22H26N4O3. The van der Waals surface area contributed by atoms with Gasteiger partial charge in [-0.1, -0.05) is 30.3 Å². The van der Waals surface area contributed by atoms with Crippen molar-refractivity contribution in [3.8, 4) is 11.3 Å². The fraction of sp³-hybridized carbons (Fsp3) is 0.409. The minimum Gasteiger partial charge on any atom is -0.441 e. The predicted molar refractivity (Wildman–Crippen MR) is 108 cm³/mol. The van der Waals surface area contributed by atoms with E-state index in [2.05, 4.69) is 10.1 Å². The average molecular weight is 394 g/mol. The zero-order chi connectivity index (χ0) is 20.1. The summed E-state index contributed by atoms with van der Waals surface area (Å²) in [6.45, 7) is 4.49. The molecule has 3 heterocycles. The second kappa shape index (κ2) is 9.05. The lowest BCUT2D eigenvalue weighted by atomic mass is 10.2. The zero-order valence-corrected chi connectivity index (χ0v) is 16.7. The van der Waals surface area contributed by atoms with Crippen molar-refractivity contribution in [2.75, 3.05) is 19.7 Å². The van der Waals surface area contributed by atoms with Gasteiger partial charge in [-0.15, -0.1) is 0 Å². The van der Waals surface area contributed by atoms with E-state index in [1.807, 2.05) is 59.2 Å². The van der Waals surface area contributed by atoms with Crippen LogP contribution < -0.4 is 0 Å². The van der Waals surface area contributed by atoms with Crippen molar-refractivity contribution in [3.05, 3.63) is 60.4 Å². The molecule has 1 atom stereocenters. The second-order valence-corrected chi connectivity index (χ2v) is 7.41. The van der Waals surface area contributed by atoms with E-state index in [1.54, 1.807) is 6.20 Å². The van der Waals surface area contributed by atoms with Crippen LogP contribution >= 0.6 is 0 Å². The van der Waals surface area contributed by atoms with Crippen LogP contribution in [0.3, 0.4) is 0 Å². The molecule has 1 aromatic carbocycles. The summed E-state index contributed by atoms with van der Waals surface area (Å²) in [5, 5.41) is 4.30. The largest absolute Gasteiger partial charge is 0.441 e. The standard InChI is InChI=1S/C22H26N4O3/c1-17-12-24-26(14-17)16-19-15-25(10-11-28-19)22(27)9-5-8-21-23-13-20(29-21)18-6-3-2-4-7-18/h2-4,6-7,12-14,19H,5,8-11,15-16H2,1H3. The van der Waals surface area contributed by atoms with Gasteiger partial charge in [-0.2, -0.15) is 5.10 Å². The highest BCUT2D eigenvalue weighted by Crippen LogP contribution is 2.20. The number of aromatic nitrogens is 3. The lowest BCUT2D eigenvalue weighted by Crippen LogP contribution is -2.47. The number of nitrogens with zero attached hydrogens (tertiary/aromatic N) is 4. The molecule has 0 N–H and O–H groups in total. The Morgan fingerprint density at radius 2 is 2.10 bits per heavy atom. The maximum Gasteiger partial charge on any atom is 0.222 e. The first-order chi connectivity index (χ1) is 14.2. The number of ether oxygens (including phenoxy) is 1. The van der Waals surface area contributed by atoms with Crippen LogP contribution in [0.5, 0.6) is 0 Å². The van der Waals surface area contributed by atoms with Crippen LogP contribution in [0, 0.1) is 6.92 Å². The third-order valence-electron chi connectivity index (χ3n) is 5.04. The maximum absolute atomic E-state index is 12.6. The van der Waals surface area contributed by atoms with E-state index in [-0.39, 0.29) is 12.0 Å². The number of benzene rings is 1. The Hall–Kier alpha value is -2.93. The average Bonchev–Trinajstić information content (AvgIpc) is 3.38. The molecule has 2 aromatic heterocycles. The third kappa shape index (κ3) is 5.12. The minimum absolute atomic E-state index is 0.0211. The van der Waals surface area contributed by atoms with Crippen LogP contribution in [0.15, 0.2) is 53.3 Å². The van der Waals surface area contributed by atoms with Crippen LogP contribution in [0.4, 0.5) is 0 Å². The van der Waals surface area contributed by atoms with E-state index < -0.39 is 0 Å². The number of carbonyl (C=O) groups is 1. The number of carbonyl (C=O) groups excluding carboxylic acids is 1. The number of hydrogen-bond acceptors (Lipinski definition) is 5. The summed E-state index contributed by atoms with van der Waals surface area (Å²) in [4.78, 5) is 18.9. The van der Waals surface area contributed by atoms with Crippen molar-refractivity contribution in [1.29, 1.82) is 0 Å². The van der Waals surface area contributed by atoms with Gasteiger partial charge in [-0.3, -0.25) is 9.48 Å². The maximum atomic E-state index is 12.6. The first-order valence-corrected chi connectivity index (χ1v) is 10.1. The summed E-state index contributed by atoms with van der Waals surface area (Å²) in [6, 6.07) is 9.90. The van der Waals surface area contributed by atoms with Gasteiger partial charge in [0.1, 0.15) is 0 Å². The number of morpholine rings is 1. The first-order valence-electron chi connectivity index (χ1n) is 10.1. The highest BCUT2D eigenvalue weighted by molar-refractivity contribution is 5.76. The van der Waals surface area contributed by atoms with Gasteiger partial charge in [-0.25, -0.2) is 4.98 Å². The molecule has 0 bridgehead atoms. The monoisotopic (exact) mass is 394 g/mol. The summed E-state index contributed by atoms with van der Waals surface area (Å²) in [5.41, 5.74) is 2.13. The molecule has 1 amide bonds. The topological polar surface area (TPSA) is 73.4 Å². The SMILES string of the molecule is Cc1cnn(CC2CN(C(=O)CCCc3ncc(-c4ccccc4)o3)CCO2)c1. The van der Waals surface area contributed by atoms with Crippen LogP contribution in [-0.2, 0) is 22.5 Å². The highest BCUT2D eigenvalue weighted by Gasteiger charge is 2.24. The molecule has 152 valence electrons. The summed E-state index contributed by atoms with van der Waals surface area (Å²) in [6.07, 6.45) is 7.40. The molecule has 0 spiro atoms. The van der Waals surface area contributed by atoms with Crippen molar-refractivity contribution in [3.63, 3.8) is 0 Å². The van der Waals surface area contributed by atoms with Crippen molar-refractivity contribution < 1.29 is 13.9 Å². The number of oxazole rings is 1. The Morgan fingerprint density at radius 3 is 2.90 bits per heavy atom. The minimum atomic E-state index is -0.0211. The predicted octanol–water partition coefficient (Wildman–Crippen LogP) is 3.10. The number of amides is 1. The zero-order valence-electron chi connectivity index (χ0n) is 16.7. The molecule has 1 aliphatic rings. The van der Waals surface area contributed by atoms with E-state index in [0.717, 1.165) is 16.9 Å². The normalized spacial score (nSPS) is 16.9. The Kier molecular flexibility index (Phi) is 6.05. The molecule has 4 rings (SSSR count). The van der Waals surface area contributed by atoms with Gasteiger partial charge in [-0.05, 0) is 18.9 Å². The van der Waals surface area contributed by atoms with Crippen LogP contribution in [0.25, 0.3) is 11.3 Å². The molecule has 1 saturated heterocycles. The number of aryl methyl sites for hydroxylation is 2. The molecule has 0 saturated carbocycles. The molecule has 3 aromatic rings. The number of rotatable bonds is 7. The summed E-state index contributed by atoms with van der Waals surface area (Å²) < 4.78 is 13.5. The summed E-state index contributed by atoms with van der Waals surface area (Å²) in [5.74, 6) is 1.59.